The van der Waals surface area contributed by atoms with Crippen LogP contribution in [-0.2, 0) is 37.4 Å². The third-order valence-electron chi connectivity index (χ3n) is 1.03. The van der Waals surface area contributed by atoms with E-state index in [1.807, 2.05) is 0 Å². The Balaban J connectivity index is -0.000000163. The second-order valence-electron chi connectivity index (χ2n) is 2.14. The molecule has 0 N–H and O–H groups in total. The molecule has 0 bridgehead atoms. The summed E-state index contributed by atoms with van der Waals surface area (Å²) in [6, 6.07) is -0.0428. The van der Waals surface area contributed by atoms with Crippen molar-refractivity contribution in [1.82, 2.24) is 0 Å². The van der Waals surface area contributed by atoms with Crippen molar-refractivity contribution in [1.29, 1.82) is 0 Å². The molecule has 0 aliphatic rings. The summed E-state index contributed by atoms with van der Waals surface area (Å²) in [5.74, 6) is 0. The smallest absolute Gasteiger partial charge is 0.301 e. The third kappa shape index (κ3) is 22.9. The van der Waals surface area contributed by atoms with E-state index >= 15 is 0 Å². The van der Waals surface area contributed by atoms with Crippen LogP contribution in [-0.4, -0.2) is 16.1 Å². The minimum Gasteiger partial charge on any atom is -0.469 e. The summed E-state index contributed by atoms with van der Waals surface area (Å²) in [4.78, 5) is 0. The van der Waals surface area contributed by atoms with Gasteiger partial charge in [0, 0.05) is 42.2 Å². The normalized spacial score (nSPS) is 10.5. The molecule has 0 aromatic carbocycles. The molecule has 1 radical (unpaired) electrons. The average Bonchev–Trinajstić information content (AvgIpc) is 2.16. The summed E-state index contributed by atoms with van der Waals surface area (Å²) in [6.45, 7) is 4.66. The van der Waals surface area contributed by atoms with Gasteiger partial charge in [-0.05, 0) is 6.92 Å². The van der Waals surface area contributed by atoms with E-state index in [2.05, 4.69) is 11.3 Å². The molecule has 0 atom stereocenters. The zero-order valence-electron chi connectivity index (χ0n) is 8.60. The molecule has 0 spiro atoms. The number of hydrogen-bond donors (Lipinski definition) is 0. The van der Waals surface area contributed by atoms with Gasteiger partial charge in [0.15, 0.2) is 6.33 Å². The maximum absolute atomic E-state index is 11.4. The van der Waals surface area contributed by atoms with Gasteiger partial charge in [-0.1, -0.05) is 12.6 Å². The number of hydrogen-bond acceptors (Lipinski definition) is 1. The SMILES string of the molecule is CCO/C(F)=C/F.C[SiH2]CC[CH-]F.[Y]. The van der Waals surface area contributed by atoms with Crippen LogP contribution >= 0.6 is 0 Å². The van der Waals surface area contributed by atoms with Crippen LogP contribution in [0.1, 0.15) is 13.3 Å². The van der Waals surface area contributed by atoms with Crippen LogP contribution in [0.3, 0.4) is 0 Å². The van der Waals surface area contributed by atoms with E-state index in [-0.39, 0.29) is 55.2 Å². The summed E-state index contributed by atoms with van der Waals surface area (Å²) < 4.78 is 37.4. The first kappa shape index (κ1) is 20.1. The summed E-state index contributed by atoms with van der Waals surface area (Å²) in [6.07, 6.45) is 0.465. The first-order valence-corrected chi connectivity index (χ1v) is 6.64. The summed E-state index contributed by atoms with van der Waals surface area (Å²) in [7, 11) is 0.132. The number of ether oxygens (including phenoxy) is 1. The van der Waals surface area contributed by atoms with Crippen molar-refractivity contribution in [3.8, 4) is 0 Å². The van der Waals surface area contributed by atoms with Gasteiger partial charge in [0.2, 0.25) is 0 Å². The van der Waals surface area contributed by atoms with Crippen LogP contribution in [0.5, 0.6) is 0 Å². The van der Waals surface area contributed by atoms with Gasteiger partial charge in [-0.25, -0.2) is 4.39 Å². The zero-order chi connectivity index (χ0) is 10.5. The standard InChI is InChI=1S/C4H6F2O.C4H10FSi.Y/c1-2-7-4(6)3-5;1-6-4-2-3-5;/h3H,2H2,1H3;3H,2,4,6H2,1H3;/q;-1;/b4-3+;;. The van der Waals surface area contributed by atoms with E-state index < -0.39 is 6.01 Å². The second kappa shape index (κ2) is 19.3. The molecule has 0 aliphatic carbocycles. The van der Waals surface area contributed by atoms with E-state index in [9.17, 15) is 13.2 Å². The molecule has 0 unspecified atom stereocenters. The van der Waals surface area contributed by atoms with E-state index in [1.165, 1.54) is 0 Å². The van der Waals surface area contributed by atoms with Crippen LogP contribution in [0.4, 0.5) is 13.2 Å². The van der Waals surface area contributed by atoms with Crippen LogP contribution in [0, 0.1) is 6.67 Å². The van der Waals surface area contributed by atoms with E-state index in [4.69, 9.17) is 0 Å². The quantitative estimate of drug-likeness (QED) is 0.328. The van der Waals surface area contributed by atoms with Crippen LogP contribution in [0.2, 0.25) is 12.6 Å². The molecule has 0 aliphatic heterocycles. The molecule has 0 amide bonds. The Bertz CT molecular complexity index is 121. The Kier molecular flexibility index (Phi) is 27.7. The van der Waals surface area contributed by atoms with Gasteiger partial charge in [-0.15, -0.1) is 0 Å². The minimum atomic E-state index is -1.16. The second-order valence-corrected chi connectivity index (χ2v) is 3.85. The van der Waals surface area contributed by atoms with Crippen molar-refractivity contribution >= 4 is 9.52 Å². The van der Waals surface area contributed by atoms with Gasteiger partial charge >= 0.3 is 6.01 Å². The minimum absolute atomic E-state index is 0. The van der Waals surface area contributed by atoms with Crippen molar-refractivity contribution in [2.45, 2.75) is 25.9 Å². The Morgan fingerprint density at radius 1 is 1.57 bits per heavy atom. The predicted octanol–water partition coefficient (Wildman–Crippen LogP) is 2.90. The van der Waals surface area contributed by atoms with Gasteiger partial charge in [0.25, 0.3) is 0 Å². The monoisotopic (exact) mass is 302 g/mol. The molecule has 0 saturated heterocycles. The summed E-state index contributed by atoms with van der Waals surface area (Å²) >= 11 is 0. The molecular weight excluding hydrogens is 286 g/mol. The fourth-order valence-corrected chi connectivity index (χ4v) is 1.01. The average molecular weight is 302 g/mol. The Morgan fingerprint density at radius 2 is 2.14 bits per heavy atom. The Morgan fingerprint density at radius 3 is 2.29 bits per heavy atom. The number of halogens is 3. The van der Waals surface area contributed by atoms with Crippen LogP contribution in [0.25, 0.3) is 0 Å². The molecule has 0 saturated carbocycles. The van der Waals surface area contributed by atoms with E-state index in [0.29, 0.717) is 6.42 Å². The van der Waals surface area contributed by atoms with Gasteiger partial charge in [-0.3, -0.25) is 0 Å². The molecular formula is C8H16F3OSiY-. The van der Waals surface area contributed by atoms with Crippen molar-refractivity contribution < 1.29 is 50.6 Å². The largest absolute Gasteiger partial charge is 0.469 e. The number of rotatable bonds is 5. The van der Waals surface area contributed by atoms with Gasteiger partial charge in [-0.2, -0.15) is 17.5 Å². The Labute approximate surface area is 111 Å². The molecule has 14 heavy (non-hydrogen) atoms. The van der Waals surface area contributed by atoms with Gasteiger partial charge in [0.05, 0.1) is 6.61 Å². The van der Waals surface area contributed by atoms with E-state index in [0.717, 1.165) is 12.7 Å². The van der Waals surface area contributed by atoms with Crippen molar-refractivity contribution in [3.05, 3.63) is 19.0 Å². The van der Waals surface area contributed by atoms with Gasteiger partial charge in [0.1, 0.15) is 0 Å². The summed E-state index contributed by atoms with van der Waals surface area (Å²) in [5.41, 5.74) is 0. The zero-order valence-corrected chi connectivity index (χ0v) is 12.9. The van der Waals surface area contributed by atoms with Crippen molar-refractivity contribution in [3.63, 3.8) is 0 Å². The van der Waals surface area contributed by atoms with Crippen LogP contribution < -0.4 is 0 Å². The van der Waals surface area contributed by atoms with Crippen molar-refractivity contribution in [2.24, 2.45) is 0 Å². The fourth-order valence-electron chi connectivity index (χ4n) is 0.451. The fraction of sp³-hybridized carbons (Fsp3) is 0.625. The first-order valence-electron chi connectivity index (χ1n) is 4.23. The molecule has 83 valence electrons. The molecule has 6 heteroatoms. The molecule has 0 fully saturated rings. The van der Waals surface area contributed by atoms with Crippen molar-refractivity contribution in [2.75, 3.05) is 6.61 Å². The van der Waals surface area contributed by atoms with Crippen LogP contribution in [0.15, 0.2) is 12.3 Å². The molecule has 0 aromatic heterocycles. The maximum atomic E-state index is 11.4. The molecule has 0 aromatic rings. The molecule has 1 nitrogen and oxygen atoms in total. The molecule has 0 heterocycles. The molecule has 0 rings (SSSR count). The summed E-state index contributed by atoms with van der Waals surface area (Å²) in [5, 5.41) is 0. The van der Waals surface area contributed by atoms with Gasteiger partial charge < -0.3 is 9.13 Å². The Hall–Kier alpha value is 0.651. The predicted molar refractivity (Wildman–Crippen MR) is 51.2 cm³/mol. The maximum Gasteiger partial charge on any atom is 0.301 e. The third-order valence-corrected chi connectivity index (χ3v) is 2.15. The topological polar surface area (TPSA) is 9.23 Å². The van der Waals surface area contributed by atoms with E-state index in [1.54, 1.807) is 6.92 Å². The first-order chi connectivity index (χ1) is 6.22.